The van der Waals surface area contributed by atoms with Crippen LogP contribution in [-0.4, -0.2) is 53.5 Å². The summed E-state index contributed by atoms with van der Waals surface area (Å²) in [6.45, 7) is 0.538. The van der Waals surface area contributed by atoms with Crippen molar-refractivity contribution in [3.05, 3.63) is 52.3 Å². The standard InChI is InChI=1S/C16H18ClN5O3S/c1-21(2)26(24,25)22-8-7-14-12(10-22)9-18-16(19-14)20-15(23)11-3-5-13(17)6-4-11/h3-6,9H,7-8,10H2,1-2H3,(H,18,19,20,23). The first-order valence-electron chi connectivity index (χ1n) is 7.86. The third-order valence-electron chi connectivity index (χ3n) is 4.02. The molecular formula is C16H18ClN5O3S. The number of carbonyl (C=O) groups is 1. The van der Waals surface area contributed by atoms with E-state index in [0.717, 1.165) is 11.3 Å². The highest BCUT2D eigenvalue weighted by atomic mass is 35.5. The molecule has 0 radical (unpaired) electrons. The van der Waals surface area contributed by atoms with Crippen LogP contribution in [0.15, 0.2) is 30.5 Å². The topological polar surface area (TPSA) is 95.5 Å². The highest BCUT2D eigenvalue weighted by Crippen LogP contribution is 2.21. The van der Waals surface area contributed by atoms with E-state index in [4.69, 9.17) is 11.6 Å². The molecule has 1 aliphatic heterocycles. The Labute approximate surface area is 157 Å². The molecule has 0 spiro atoms. The number of aromatic nitrogens is 2. The van der Waals surface area contributed by atoms with Crippen molar-refractivity contribution in [2.24, 2.45) is 0 Å². The number of benzene rings is 1. The fourth-order valence-electron chi connectivity index (χ4n) is 2.55. The lowest BCUT2D eigenvalue weighted by Gasteiger charge is -2.29. The van der Waals surface area contributed by atoms with Crippen molar-refractivity contribution in [3.8, 4) is 0 Å². The molecule has 138 valence electrons. The molecule has 0 fully saturated rings. The zero-order valence-corrected chi connectivity index (χ0v) is 15.9. The number of fused-ring (bicyclic) bond motifs is 1. The Morgan fingerprint density at radius 3 is 2.62 bits per heavy atom. The molecule has 0 bridgehead atoms. The van der Waals surface area contributed by atoms with Crippen LogP contribution >= 0.6 is 11.6 Å². The fourth-order valence-corrected chi connectivity index (χ4v) is 3.77. The van der Waals surface area contributed by atoms with Crippen molar-refractivity contribution in [1.29, 1.82) is 0 Å². The minimum absolute atomic E-state index is 0.188. The average Bonchev–Trinajstić information content (AvgIpc) is 2.61. The molecule has 1 amide bonds. The Kier molecular flexibility index (Phi) is 5.24. The summed E-state index contributed by atoms with van der Waals surface area (Å²) in [6.07, 6.45) is 2.01. The van der Waals surface area contributed by atoms with Crippen molar-refractivity contribution >= 4 is 33.7 Å². The van der Waals surface area contributed by atoms with Gasteiger partial charge in [0.1, 0.15) is 0 Å². The summed E-state index contributed by atoms with van der Waals surface area (Å²) in [5, 5.41) is 3.19. The molecule has 1 aromatic carbocycles. The largest absolute Gasteiger partial charge is 0.290 e. The Morgan fingerprint density at radius 1 is 1.27 bits per heavy atom. The number of hydrogen-bond donors (Lipinski definition) is 1. The maximum Gasteiger partial charge on any atom is 0.281 e. The molecule has 2 aromatic rings. The molecule has 10 heteroatoms. The zero-order valence-electron chi connectivity index (χ0n) is 14.3. The van der Waals surface area contributed by atoms with Crippen molar-refractivity contribution in [3.63, 3.8) is 0 Å². The van der Waals surface area contributed by atoms with E-state index < -0.39 is 10.2 Å². The van der Waals surface area contributed by atoms with Crippen LogP contribution in [0.25, 0.3) is 0 Å². The van der Waals surface area contributed by atoms with Crippen LogP contribution in [0.4, 0.5) is 5.95 Å². The lowest BCUT2D eigenvalue weighted by molar-refractivity contribution is 0.102. The van der Waals surface area contributed by atoms with Crippen LogP contribution in [0.1, 0.15) is 21.6 Å². The monoisotopic (exact) mass is 395 g/mol. The van der Waals surface area contributed by atoms with Gasteiger partial charge in [0.05, 0.1) is 5.69 Å². The van der Waals surface area contributed by atoms with Crippen molar-refractivity contribution in [1.82, 2.24) is 18.6 Å². The minimum atomic E-state index is -3.48. The van der Waals surface area contributed by atoms with Gasteiger partial charge in [-0.3, -0.25) is 10.1 Å². The Balaban J connectivity index is 1.74. The third-order valence-corrected chi connectivity index (χ3v) is 6.16. The first-order valence-corrected chi connectivity index (χ1v) is 9.64. The summed E-state index contributed by atoms with van der Waals surface area (Å²) >= 11 is 5.81. The van der Waals surface area contributed by atoms with Gasteiger partial charge in [-0.15, -0.1) is 0 Å². The Bertz CT molecular complexity index is 931. The molecule has 0 aliphatic carbocycles. The molecule has 0 saturated carbocycles. The van der Waals surface area contributed by atoms with E-state index in [1.165, 1.54) is 22.7 Å². The molecule has 3 rings (SSSR count). The van der Waals surface area contributed by atoms with Gasteiger partial charge < -0.3 is 0 Å². The molecule has 0 atom stereocenters. The quantitative estimate of drug-likeness (QED) is 0.847. The minimum Gasteiger partial charge on any atom is -0.290 e. The van der Waals surface area contributed by atoms with Crippen molar-refractivity contribution in [2.75, 3.05) is 26.0 Å². The van der Waals surface area contributed by atoms with E-state index in [2.05, 4.69) is 15.3 Å². The second-order valence-electron chi connectivity index (χ2n) is 6.00. The van der Waals surface area contributed by atoms with E-state index in [1.54, 1.807) is 30.5 Å². The van der Waals surface area contributed by atoms with E-state index in [9.17, 15) is 13.2 Å². The molecule has 2 heterocycles. The number of carbonyl (C=O) groups excluding carboxylic acids is 1. The lowest BCUT2D eigenvalue weighted by Crippen LogP contribution is -2.43. The average molecular weight is 396 g/mol. The summed E-state index contributed by atoms with van der Waals surface area (Å²) in [7, 11) is -0.487. The molecule has 1 aliphatic rings. The van der Waals surface area contributed by atoms with Gasteiger partial charge >= 0.3 is 0 Å². The number of nitrogens with zero attached hydrogens (tertiary/aromatic N) is 4. The third kappa shape index (κ3) is 3.85. The van der Waals surface area contributed by atoms with E-state index in [1.807, 2.05) is 0 Å². The first-order chi connectivity index (χ1) is 12.3. The van der Waals surface area contributed by atoms with Gasteiger partial charge in [0.2, 0.25) is 5.95 Å². The van der Waals surface area contributed by atoms with Gasteiger partial charge in [-0.25, -0.2) is 9.97 Å². The van der Waals surface area contributed by atoms with E-state index in [-0.39, 0.29) is 18.4 Å². The number of hydrogen-bond acceptors (Lipinski definition) is 5. The van der Waals surface area contributed by atoms with Crippen LogP contribution < -0.4 is 5.32 Å². The second kappa shape index (κ2) is 7.28. The summed E-state index contributed by atoms with van der Waals surface area (Å²) < 4.78 is 27.0. The molecule has 1 aromatic heterocycles. The summed E-state index contributed by atoms with van der Waals surface area (Å²) in [5.41, 5.74) is 1.90. The molecule has 1 N–H and O–H groups in total. The number of anilines is 1. The molecular weight excluding hydrogens is 378 g/mol. The number of halogens is 1. The summed E-state index contributed by atoms with van der Waals surface area (Å²) in [4.78, 5) is 20.7. The molecule has 26 heavy (non-hydrogen) atoms. The van der Waals surface area contributed by atoms with Gasteiger partial charge in [0.15, 0.2) is 0 Å². The maximum atomic E-state index is 12.2. The van der Waals surface area contributed by atoms with E-state index >= 15 is 0 Å². The highest BCUT2D eigenvalue weighted by molar-refractivity contribution is 7.86. The molecule has 0 saturated heterocycles. The van der Waals surface area contributed by atoms with Crippen LogP contribution in [0, 0.1) is 0 Å². The van der Waals surface area contributed by atoms with Crippen molar-refractivity contribution in [2.45, 2.75) is 13.0 Å². The van der Waals surface area contributed by atoms with Gasteiger partial charge in [0.25, 0.3) is 16.1 Å². The van der Waals surface area contributed by atoms with Crippen LogP contribution in [0.3, 0.4) is 0 Å². The van der Waals surface area contributed by atoms with Crippen LogP contribution in [0.5, 0.6) is 0 Å². The van der Waals surface area contributed by atoms with Gasteiger partial charge in [-0.1, -0.05) is 11.6 Å². The van der Waals surface area contributed by atoms with Gasteiger partial charge in [-0.05, 0) is 24.3 Å². The summed E-state index contributed by atoms with van der Waals surface area (Å²) in [6, 6.07) is 6.48. The predicted octanol–water partition coefficient (Wildman–Crippen LogP) is 1.55. The lowest BCUT2D eigenvalue weighted by atomic mass is 10.1. The number of amides is 1. The van der Waals surface area contributed by atoms with Gasteiger partial charge in [0, 0.05) is 56.0 Å². The van der Waals surface area contributed by atoms with Crippen LogP contribution in [0.2, 0.25) is 5.02 Å². The predicted molar refractivity (Wildman–Crippen MR) is 98.2 cm³/mol. The Morgan fingerprint density at radius 2 is 1.96 bits per heavy atom. The van der Waals surface area contributed by atoms with Gasteiger partial charge in [-0.2, -0.15) is 17.0 Å². The SMILES string of the molecule is CN(C)S(=O)(=O)N1CCc2nc(NC(=O)c3ccc(Cl)cc3)ncc2C1. The summed E-state index contributed by atoms with van der Waals surface area (Å²) in [5.74, 6) is -0.151. The molecule has 0 unspecified atom stereocenters. The maximum absolute atomic E-state index is 12.2. The smallest absolute Gasteiger partial charge is 0.281 e. The highest BCUT2D eigenvalue weighted by Gasteiger charge is 2.29. The Hall–Kier alpha value is -2.07. The van der Waals surface area contributed by atoms with Crippen LogP contribution in [-0.2, 0) is 23.2 Å². The van der Waals surface area contributed by atoms with E-state index in [0.29, 0.717) is 23.6 Å². The zero-order chi connectivity index (χ0) is 18.9. The molecule has 8 nitrogen and oxygen atoms in total. The van der Waals surface area contributed by atoms with Crippen molar-refractivity contribution < 1.29 is 13.2 Å². The number of nitrogens with one attached hydrogen (secondary N) is 1. The normalized spacial score (nSPS) is 14.9. The first kappa shape index (κ1) is 18.7. The second-order valence-corrected chi connectivity index (χ2v) is 8.58. The number of rotatable bonds is 4. The fraction of sp³-hybridized carbons (Fsp3) is 0.312.